The molecule has 0 amide bonds. The highest BCUT2D eigenvalue weighted by molar-refractivity contribution is 7.20. The van der Waals surface area contributed by atoms with Crippen molar-refractivity contribution >= 4 is 21.4 Å². The second-order valence-electron chi connectivity index (χ2n) is 5.13. The van der Waals surface area contributed by atoms with E-state index in [1.807, 2.05) is 17.6 Å². The Morgan fingerprint density at radius 3 is 2.83 bits per heavy atom. The number of aromatic nitrogens is 3. The predicted molar refractivity (Wildman–Crippen MR) is 74.5 cm³/mol. The maximum absolute atomic E-state index is 5.27. The number of nitrogens with zero attached hydrogens (tertiary/aromatic N) is 3. The van der Waals surface area contributed by atoms with E-state index in [0.717, 1.165) is 28.9 Å². The van der Waals surface area contributed by atoms with Crippen LogP contribution in [0.2, 0.25) is 0 Å². The molecule has 18 heavy (non-hydrogen) atoms. The molecule has 5 nitrogen and oxygen atoms in total. The molecule has 6 heteroatoms. The summed E-state index contributed by atoms with van der Waals surface area (Å²) in [5, 5.41) is 8.57. The van der Waals surface area contributed by atoms with Crippen molar-refractivity contribution in [3.8, 4) is 0 Å². The van der Waals surface area contributed by atoms with Crippen molar-refractivity contribution < 1.29 is 4.74 Å². The number of hydrogen-bond donors (Lipinski definition) is 1. The quantitative estimate of drug-likeness (QED) is 0.847. The second-order valence-corrected chi connectivity index (χ2v) is 6.09. The van der Waals surface area contributed by atoms with Gasteiger partial charge in [-0.05, 0) is 6.92 Å². The van der Waals surface area contributed by atoms with Crippen LogP contribution in [0.3, 0.4) is 0 Å². The molecule has 0 aliphatic rings. The SMILES string of the molecule is CCOCCNc1nn2cc(C(C)(C)C)nc2s1. The smallest absolute Gasteiger partial charge is 0.214 e. The molecule has 0 unspecified atom stereocenters. The Bertz CT molecular complexity index is 480. The van der Waals surface area contributed by atoms with Gasteiger partial charge in [0.05, 0.1) is 18.5 Å². The highest BCUT2D eigenvalue weighted by atomic mass is 32.1. The van der Waals surface area contributed by atoms with Crippen LogP contribution in [-0.4, -0.2) is 34.4 Å². The molecule has 2 rings (SSSR count). The summed E-state index contributed by atoms with van der Waals surface area (Å²) in [5.41, 5.74) is 1.14. The molecule has 1 N–H and O–H groups in total. The lowest BCUT2D eigenvalue weighted by Crippen LogP contribution is -2.11. The van der Waals surface area contributed by atoms with E-state index in [1.165, 1.54) is 0 Å². The Morgan fingerprint density at radius 2 is 2.22 bits per heavy atom. The van der Waals surface area contributed by atoms with Gasteiger partial charge in [-0.3, -0.25) is 0 Å². The molecule has 0 radical (unpaired) electrons. The molecule has 0 saturated carbocycles. The minimum Gasteiger partial charge on any atom is -0.380 e. The first kappa shape index (κ1) is 13.3. The molecule has 0 atom stereocenters. The average Bonchev–Trinajstić information content (AvgIpc) is 2.80. The molecule has 0 bridgehead atoms. The third-order valence-electron chi connectivity index (χ3n) is 2.54. The molecule has 0 aliphatic heterocycles. The Balaban J connectivity index is 2.03. The number of imidazole rings is 1. The Hall–Kier alpha value is -1.14. The number of hydrogen-bond acceptors (Lipinski definition) is 5. The fourth-order valence-corrected chi connectivity index (χ4v) is 2.31. The van der Waals surface area contributed by atoms with E-state index in [0.29, 0.717) is 6.61 Å². The van der Waals surface area contributed by atoms with Crippen LogP contribution in [0, 0.1) is 0 Å². The molecular weight excluding hydrogens is 248 g/mol. The van der Waals surface area contributed by atoms with Gasteiger partial charge in [0.1, 0.15) is 0 Å². The van der Waals surface area contributed by atoms with E-state index in [1.54, 1.807) is 11.3 Å². The first-order chi connectivity index (χ1) is 8.50. The van der Waals surface area contributed by atoms with Crippen molar-refractivity contribution in [2.45, 2.75) is 33.1 Å². The average molecular weight is 268 g/mol. The van der Waals surface area contributed by atoms with E-state index in [-0.39, 0.29) is 5.41 Å². The molecule has 100 valence electrons. The van der Waals surface area contributed by atoms with E-state index in [4.69, 9.17) is 4.74 Å². The number of ether oxygens (including phenoxy) is 1. The maximum Gasteiger partial charge on any atom is 0.214 e. The molecular formula is C12H20N4OS. The Kier molecular flexibility index (Phi) is 3.87. The molecule has 0 saturated heterocycles. The van der Waals surface area contributed by atoms with Crippen LogP contribution in [-0.2, 0) is 10.2 Å². The first-order valence-corrected chi connectivity index (χ1v) is 7.00. The van der Waals surface area contributed by atoms with Crippen LogP contribution in [0.25, 0.3) is 4.96 Å². The molecule has 0 aliphatic carbocycles. The third kappa shape index (κ3) is 3.00. The zero-order valence-electron chi connectivity index (χ0n) is 11.4. The summed E-state index contributed by atoms with van der Waals surface area (Å²) in [6.45, 7) is 10.7. The van der Waals surface area contributed by atoms with Crippen LogP contribution in [0.1, 0.15) is 33.4 Å². The number of fused-ring (bicyclic) bond motifs is 1. The van der Waals surface area contributed by atoms with Gasteiger partial charge in [0.25, 0.3) is 0 Å². The van der Waals surface area contributed by atoms with Gasteiger partial charge >= 0.3 is 0 Å². The number of anilines is 1. The van der Waals surface area contributed by atoms with Crippen molar-refractivity contribution in [3.05, 3.63) is 11.9 Å². The topological polar surface area (TPSA) is 51.5 Å². The van der Waals surface area contributed by atoms with Crippen molar-refractivity contribution in [1.29, 1.82) is 0 Å². The summed E-state index contributed by atoms with van der Waals surface area (Å²) in [6, 6.07) is 0. The monoisotopic (exact) mass is 268 g/mol. The van der Waals surface area contributed by atoms with Crippen LogP contribution in [0.5, 0.6) is 0 Å². The summed E-state index contributed by atoms with van der Waals surface area (Å²) in [5.74, 6) is 0. The van der Waals surface area contributed by atoms with Gasteiger partial charge in [-0.25, -0.2) is 9.50 Å². The van der Waals surface area contributed by atoms with Crippen LogP contribution in [0.4, 0.5) is 5.13 Å². The molecule has 0 aromatic carbocycles. The lowest BCUT2D eigenvalue weighted by atomic mass is 9.93. The van der Waals surface area contributed by atoms with Crippen LogP contribution < -0.4 is 5.32 Å². The highest BCUT2D eigenvalue weighted by Crippen LogP contribution is 2.25. The summed E-state index contributed by atoms with van der Waals surface area (Å²) in [6.07, 6.45) is 2.00. The molecule has 2 aromatic rings. The maximum atomic E-state index is 5.27. The van der Waals surface area contributed by atoms with E-state index in [9.17, 15) is 0 Å². The van der Waals surface area contributed by atoms with Gasteiger partial charge in [-0.1, -0.05) is 32.1 Å². The fourth-order valence-electron chi connectivity index (χ4n) is 1.51. The third-order valence-corrected chi connectivity index (χ3v) is 3.42. The molecule has 2 heterocycles. The van der Waals surface area contributed by atoms with Crippen LogP contribution >= 0.6 is 11.3 Å². The fraction of sp³-hybridized carbons (Fsp3) is 0.667. The van der Waals surface area contributed by atoms with Gasteiger partial charge in [-0.15, -0.1) is 5.10 Å². The summed E-state index contributed by atoms with van der Waals surface area (Å²) >= 11 is 1.57. The summed E-state index contributed by atoms with van der Waals surface area (Å²) < 4.78 is 7.11. The lowest BCUT2D eigenvalue weighted by Gasteiger charge is -2.13. The van der Waals surface area contributed by atoms with Gasteiger partial charge in [0, 0.05) is 18.6 Å². The minimum atomic E-state index is 0.0655. The number of nitrogens with one attached hydrogen (secondary N) is 1. The van der Waals surface area contributed by atoms with Crippen molar-refractivity contribution in [1.82, 2.24) is 14.6 Å². The predicted octanol–water partition coefficient (Wildman–Crippen LogP) is 2.54. The number of rotatable bonds is 5. The van der Waals surface area contributed by atoms with Crippen LogP contribution in [0.15, 0.2) is 6.20 Å². The lowest BCUT2D eigenvalue weighted by molar-refractivity contribution is 0.158. The largest absolute Gasteiger partial charge is 0.380 e. The minimum absolute atomic E-state index is 0.0655. The van der Waals surface area contributed by atoms with E-state index >= 15 is 0 Å². The van der Waals surface area contributed by atoms with Gasteiger partial charge in [0.2, 0.25) is 10.1 Å². The summed E-state index contributed by atoms with van der Waals surface area (Å²) in [4.78, 5) is 5.53. The normalized spacial score (nSPS) is 12.2. The molecule has 2 aromatic heterocycles. The summed E-state index contributed by atoms with van der Waals surface area (Å²) in [7, 11) is 0. The van der Waals surface area contributed by atoms with Gasteiger partial charge in [-0.2, -0.15) is 0 Å². The van der Waals surface area contributed by atoms with E-state index in [2.05, 4.69) is 36.2 Å². The van der Waals surface area contributed by atoms with Crippen molar-refractivity contribution in [2.24, 2.45) is 0 Å². The zero-order chi connectivity index (χ0) is 13.2. The first-order valence-electron chi connectivity index (χ1n) is 6.19. The van der Waals surface area contributed by atoms with Gasteiger partial charge < -0.3 is 10.1 Å². The highest BCUT2D eigenvalue weighted by Gasteiger charge is 2.19. The molecule has 0 fully saturated rings. The Labute approximate surface area is 111 Å². The molecule has 0 spiro atoms. The van der Waals surface area contributed by atoms with Crippen molar-refractivity contribution in [3.63, 3.8) is 0 Å². The standard InChI is InChI=1S/C12H20N4OS/c1-5-17-7-6-13-10-15-16-8-9(12(2,3)4)14-11(16)18-10/h8H,5-7H2,1-4H3,(H,13,15). The Morgan fingerprint density at radius 1 is 1.44 bits per heavy atom. The van der Waals surface area contributed by atoms with Gasteiger partial charge in [0.15, 0.2) is 0 Å². The van der Waals surface area contributed by atoms with E-state index < -0.39 is 0 Å². The van der Waals surface area contributed by atoms with Crippen molar-refractivity contribution in [2.75, 3.05) is 25.1 Å². The zero-order valence-corrected chi connectivity index (χ0v) is 12.2. The second kappa shape index (κ2) is 5.24.